The van der Waals surface area contributed by atoms with Crippen molar-refractivity contribution in [1.82, 2.24) is 30.0 Å². The molecule has 0 saturated carbocycles. The number of methoxy groups -OCH3 is 1. The van der Waals surface area contributed by atoms with E-state index < -0.39 is 12.0 Å². The second kappa shape index (κ2) is 11.8. The quantitative estimate of drug-likeness (QED) is 0.192. The summed E-state index contributed by atoms with van der Waals surface area (Å²) in [6, 6.07) is 23.2. The summed E-state index contributed by atoms with van der Waals surface area (Å²) in [5.74, 6) is 0.128. The molecular weight excluding hydrogens is 528 g/mol. The number of esters is 1. The maximum absolute atomic E-state index is 14.2. The third kappa shape index (κ3) is 4.98. The SMILES string of the molecule is CCCCc1c(Cc2ccc(-c3ccccc3-c3nn[nH]n3)cc2)c(=O)n2n1CC=CC2c1ccccc1C(=O)OC. The molecular formula is C33H32N6O3. The van der Waals surface area contributed by atoms with Crippen LogP contribution in [0.15, 0.2) is 89.7 Å². The normalized spacial score (nSPS) is 14.1. The number of H-pyrrole nitrogens is 1. The number of carbonyl (C=O) groups excluding carboxylic acids is 1. The van der Waals surface area contributed by atoms with E-state index in [1.165, 1.54) is 7.11 Å². The van der Waals surface area contributed by atoms with Gasteiger partial charge in [0.25, 0.3) is 5.56 Å². The molecule has 0 aliphatic carbocycles. The molecule has 3 heterocycles. The first-order valence-electron chi connectivity index (χ1n) is 14.2. The molecule has 0 bridgehead atoms. The van der Waals surface area contributed by atoms with Crippen LogP contribution in [0.3, 0.4) is 0 Å². The summed E-state index contributed by atoms with van der Waals surface area (Å²) in [5.41, 5.74) is 7.02. The topological polar surface area (TPSA) is 108 Å². The van der Waals surface area contributed by atoms with Gasteiger partial charge in [0.2, 0.25) is 5.82 Å². The molecule has 42 heavy (non-hydrogen) atoms. The molecule has 9 heteroatoms. The number of unbranched alkanes of at least 4 members (excludes halogenated alkanes) is 1. The number of aromatic nitrogens is 6. The van der Waals surface area contributed by atoms with E-state index in [-0.39, 0.29) is 5.56 Å². The number of aromatic amines is 1. The van der Waals surface area contributed by atoms with E-state index in [0.717, 1.165) is 58.3 Å². The number of rotatable bonds is 9. The van der Waals surface area contributed by atoms with E-state index in [4.69, 9.17) is 4.74 Å². The summed E-state index contributed by atoms with van der Waals surface area (Å²) in [7, 11) is 1.38. The number of nitrogens with zero attached hydrogens (tertiary/aromatic N) is 5. The minimum Gasteiger partial charge on any atom is -0.465 e. The maximum Gasteiger partial charge on any atom is 0.338 e. The van der Waals surface area contributed by atoms with Crippen molar-refractivity contribution in [2.75, 3.05) is 7.11 Å². The first-order chi connectivity index (χ1) is 20.6. The van der Waals surface area contributed by atoms with Crippen molar-refractivity contribution in [2.24, 2.45) is 0 Å². The fraction of sp³-hybridized carbons (Fsp3) is 0.242. The van der Waals surface area contributed by atoms with Crippen molar-refractivity contribution in [2.45, 2.75) is 45.2 Å². The molecule has 9 nitrogen and oxygen atoms in total. The highest BCUT2D eigenvalue weighted by Crippen LogP contribution is 2.31. The van der Waals surface area contributed by atoms with E-state index in [1.54, 1.807) is 6.07 Å². The third-order valence-corrected chi connectivity index (χ3v) is 7.86. The Kier molecular flexibility index (Phi) is 7.64. The molecule has 1 aliphatic heterocycles. The van der Waals surface area contributed by atoms with Gasteiger partial charge in [0, 0.05) is 23.2 Å². The van der Waals surface area contributed by atoms with Gasteiger partial charge >= 0.3 is 5.97 Å². The number of benzene rings is 3. The Morgan fingerprint density at radius 2 is 1.79 bits per heavy atom. The van der Waals surface area contributed by atoms with E-state index in [1.807, 2.05) is 53.2 Å². The molecule has 6 rings (SSSR count). The molecule has 0 fully saturated rings. The average Bonchev–Trinajstić information content (AvgIpc) is 3.67. The lowest BCUT2D eigenvalue weighted by Crippen LogP contribution is -2.32. The van der Waals surface area contributed by atoms with Crippen LogP contribution in [-0.4, -0.2) is 43.1 Å². The molecule has 2 aromatic heterocycles. The number of ether oxygens (including phenoxy) is 1. The van der Waals surface area contributed by atoms with Crippen LogP contribution >= 0.6 is 0 Å². The minimum absolute atomic E-state index is 0.0262. The summed E-state index contributed by atoms with van der Waals surface area (Å²) in [6.45, 7) is 2.77. The van der Waals surface area contributed by atoms with Crippen LogP contribution < -0.4 is 5.56 Å². The Balaban J connectivity index is 1.38. The molecule has 212 valence electrons. The summed E-state index contributed by atoms with van der Waals surface area (Å²) >= 11 is 0. The zero-order valence-corrected chi connectivity index (χ0v) is 23.7. The molecule has 0 radical (unpaired) electrons. The summed E-state index contributed by atoms with van der Waals surface area (Å²) in [4.78, 5) is 26.8. The van der Waals surface area contributed by atoms with Crippen LogP contribution in [0.2, 0.25) is 0 Å². The molecule has 1 atom stereocenters. The lowest BCUT2D eigenvalue weighted by Gasteiger charge is -2.25. The van der Waals surface area contributed by atoms with Crippen molar-refractivity contribution in [1.29, 1.82) is 0 Å². The van der Waals surface area contributed by atoms with Crippen LogP contribution in [-0.2, 0) is 24.1 Å². The van der Waals surface area contributed by atoms with E-state index in [9.17, 15) is 9.59 Å². The van der Waals surface area contributed by atoms with Crippen LogP contribution in [0.4, 0.5) is 0 Å². The summed E-state index contributed by atoms with van der Waals surface area (Å²) in [6.07, 6.45) is 7.42. The Bertz CT molecular complexity index is 1800. The predicted octanol–water partition coefficient (Wildman–Crippen LogP) is 5.38. The predicted molar refractivity (Wildman–Crippen MR) is 160 cm³/mol. The van der Waals surface area contributed by atoms with Gasteiger partial charge in [0.05, 0.1) is 25.3 Å². The van der Waals surface area contributed by atoms with Gasteiger partial charge in [0.1, 0.15) is 0 Å². The number of hydrogen-bond acceptors (Lipinski definition) is 6. The van der Waals surface area contributed by atoms with Crippen LogP contribution in [0.5, 0.6) is 0 Å². The minimum atomic E-state index is -0.414. The first-order valence-corrected chi connectivity index (χ1v) is 14.2. The number of fused-ring (bicyclic) bond motifs is 1. The van der Waals surface area contributed by atoms with Crippen molar-refractivity contribution in [3.05, 3.63) is 123 Å². The number of hydrogen-bond donors (Lipinski definition) is 1. The average molecular weight is 561 g/mol. The molecule has 1 aliphatic rings. The van der Waals surface area contributed by atoms with Gasteiger partial charge in [-0.15, -0.1) is 10.2 Å². The fourth-order valence-corrected chi connectivity index (χ4v) is 5.80. The number of nitrogens with one attached hydrogen (secondary N) is 1. The van der Waals surface area contributed by atoms with Crippen LogP contribution in [0, 0.1) is 0 Å². The molecule has 1 N–H and O–H groups in total. The van der Waals surface area contributed by atoms with Gasteiger partial charge in [-0.3, -0.25) is 9.48 Å². The highest BCUT2D eigenvalue weighted by atomic mass is 16.5. The number of tetrazole rings is 1. The van der Waals surface area contributed by atoms with Gasteiger partial charge in [0.15, 0.2) is 0 Å². The molecule has 3 aromatic carbocycles. The van der Waals surface area contributed by atoms with Gasteiger partial charge in [-0.05, 0) is 46.4 Å². The zero-order chi connectivity index (χ0) is 29.1. The Hall–Kier alpha value is -5.05. The largest absolute Gasteiger partial charge is 0.465 e. The zero-order valence-electron chi connectivity index (χ0n) is 23.7. The van der Waals surface area contributed by atoms with Crippen molar-refractivity contribution >= 4 is 5.97 Å². The summed E-state index contributed by atoms with van der Waals surface area (Å²) in [5, 5.41) is 14.5. The van der Waals surface area contributed by atoms with Gasteiger partial charge in [-0.1, -0.05) is 92.2 Å². The first kappa shape index (κ1) is 27.1. The standard InChI is InChI=1S/C33H32N6O3/c1-3-4-14-29-28(21-22-16-18-23(19-17-22)24-10-5-7-12-26(24)31-34-36-37-35-31)32(40)39-30(15-9-20-38(29)39)25-11-6-8-13-27(25)33(41)42-2/h5-13,15-19,30H,3-4,14,20-21H2,1-2H3,(H,34,35,36,37). The van der Waals surface area contributed by atoms with E-state index in [2.05, 4.69) is 62.6 Å². The Labute approximate surface area is 243 Å². The van der Waals surface area contributed by atoms with Crippen LogP contribution in [0.25, 0.3) is 22.5 Å². The second-order valence-electron chi connectivity index (χ2n) is 10.4. The van der Waals surface area contributed by atoms with Crippen molar-refractivity contribution in [3.63, 3.8) is 0 Å². The molecule has 0 saturated heterocycles. The Morgan fingerprint density at radius 3 is 2.52 bits per heavy atom. The fourth-order valence-electron chi connectivity index (χ4n) is 5.80. The highest BCUT2D eigenvalue weighted by Gasteiger charge is 2.29. The monoisotopic (exact) mass is 560 g/mol. The lowest BCUT2D eigenvalue weighted by molar-refractivity contribution is 0.0598. The smallest absolute Gasteiger partial charge is 0.338 e. The van der Waals surface area contributed by atoms with E-state index >= 15 is 0 Å². The second-order valence-corrected chi connectivity index (χ2v) is 10.4. The van der Waals surface area contributed by atoms with Gasteiger partial charge < -0.3 is 4.74 Å². The van der Waals surface area contributed by atoms with Crippen LogP contribution in [0.1, 0.15) is 58.5 Å². The maximum atomic E-state index is 14.2. The lowest BCUT2D eigenvalue weighted by atomic mass is 9.96. The van der Waals surface area contributed by atoms with Crippen molar-refractivity contribution < 1.29 is 9.53 Å². The molecule has 5 aromatic rings. The molecule has 0 spiro atoms. The van der Waals surface area contributed by atoms with E-state index in [0.29, 0.717) is 24.4 Å². The van der Waals surface area contributed by atoms with Crippen molar-refractivity contribution in [3.8, 4) is 22.5 Å². The highest BCUT2D eigenvalue weighted by molar-refractivity contribution is 5.91. The number of carbonyl (C=O) groups is 1. The van der Waals surface area contributed by atoms with Gasteiger partial charge in [-0.2, -0.15) is 5.21 Å². The molecule has 1 unspecified atom stereocenters. The molecule has 0 amide bonds. The third-order valence-electron chi connectivity index (χ3n) is 7.86. The summed E-state index contributed by atoms with van der Waals surface area (Å²) < 4.78 is 8.96. The number of allylic oxidation sites excluding steroid dienone is 2. The van der Waals surface area contributed by atoms with Gasteiger partial charge in [-0.25, -0.2) is 9.48 Å². The Morgan fingerprint density at radius 1 is 1.02 bits per heavy atom.